The summed E-state index contributed by atoms with van der Waals surface area (Å²) in [5, 5.41) is 0. The van der Waals surface area contributed by atoms with Crippen LogP contribution in [0.15, 0.2) is 24.3 Å². The summed E-state index contributed by atoms with van der Waals surface area (Å²) < 4.78 is 2.17. The lowest BCUT2D eigenvalue weighted by molar-refractivity contribution is 0.389. The van der Waals surface area contributed by atoms with Gasteiger partial charge in [-0.3, -0.25) is 0 Å². The maximum absolute atomic E-state index is 6.44. The van der Waals surface area contributed by atoms with Gasteiger partial charge < -0.3 is 10.3 Å². The Labute approximate surface area is 127 Å². The zero-order valence-corrected chi connectivity index (χ0v) is 13.5. The first-order valence-electron chi connectivity index (χ1n) is 7.89. The smallest absolute Gasteiger partial charge is 0.132 e. The summed E-state index contributed by atoms with van der Waals surface area (Å²) >= 11 is 0. The molecule has 1 aliphatic carbocycles. The highest BCUT2D eigenvalue weighted by Crippen LogP contribution is 2.41. The molecule has 3 rings (SSSR count). The van der Waals surface area contributed by atoms with Crippen molar-refractivity contribution in [2.45, 2.75) is 58.4 Å². The monoisotopic (exact) mass is 283 g/mol. The minimum Gasteiger partial charge on any atom is -0.383 e. The van der Waals surface area contributed by atoms with Crippen LogP contribution in [-0.4, -0.2) is 9.55 Å². The van der Waals surface area contributed by atoms with Gasteiger partial charge in [0.15, 0.2) is 0 Å². The normalized spacial score (nSPS) is 15.4. The number of nitrogen functional groups attached to an aromatic ring is 1. The molecule has 1 saturated carbocycles. The molecule has 0 saturated heterocycles. The van der Waals surface area contributed by atoms with Gasteiger partial charge in [0.2, 0.25) is 0 Å². The number of benzene rings is 1. The molecular formula is C18H25N3. The molecule has 112 valence electrons. The van der Waals surface area contributed by atoms with Crippen molar-refractivity contribution in [2.24, 2.45) is 0 Å². The van der Waals surface area contributed by atoms with Gasteiger partial charge >= 0.3 is 0 Å². The van der Waals surface area contributed by atoms with Crippen molar-refractivity contribution in [1.29, 1.82) is 0 Å². The fourth-order valence-electron chi connectivity index (χ4n) is 3.04. The average molecular weight is 283 g/mol. The molecule has 1 fully saturated rings. The maximum atomic E-state index is 6.44. The topological polar surface area (TPSA) is 43.8 Å². The van der Waals surface area contributed by atoms with Gasteiger partial charge in [-0.25, -0.2) is 4.98 Å². The van der Waals surface area contributed by atoms with Crippen LogP contribution in [0.3, 0.4) is 0 Å². The third-order valence-electron chi connectivity index (χ3n) is 4.18. The van der Waals surface area contributed by atoms with E-state index in [0.717, 1.165) is 35.2 Å². The Morgan fingerprint density at radius 1 is 1.29 bits per heavy atom. The Morgan fingerprint density at radius 3 is 2.52 bits per heavy atom. The summed E-state index contributed by atoms with van der Waals surface area (Å²) in [6, 6.07) is 8.74. The van der Waals surface area contributed by atoms with E-state index in [0.29, 0.717) is 0 Å². The summed E-state index contributed by atoms with van der Waals surface area (Å²) in [5.74, 6) is 2.60. The zero-order chi connectivity index (χ0) is 15.2. The fraction of sp³-hybridized carbons (Fsp3) is 0.500. The van der Waals surface area contributed by atoms with E-state index in [-0.39, 0.29) is 5.54 Å². The molecule has 1 heterocycles. The van der Waals surface area contributed by atoms with Crippen molar-refractivity contribution in [3.05, 3.63) is 35.7 Å². The van der Waals surface area contributed by atoms with Crippen molar-refractivity contribution < 1.29 is 0 Å². The number of aromatic nitrogens is 2. The van der Waals surface area contributed by atoms with Crippen molar-refractivity contribution >= 4 is 5.82 Å². The molecule has 3 heteroatoms. The molecule has 1 aromatic carbocycles. The van der Waals surface area contributed by atoms with Crippen LogP contribution in [0.1, 0.15) is 57.8 Å². The second-order valence-corrected chi connectivity index (χ2v) is 7.02. The average Bonchev–Trinajstić information content (AvgIpc) is 3.21. The SMILES string of the molecule is CCc1nc(-c2cccc(C3CC3)c2)c(N)n1C(C)(C)C. The summed E-state index contributed by atoms with van der Waals surface area (Å²) in [4.78, 5) is 4.82. The Hall–Kier alpha value is -1.77. The summed E-state index contributed by atoms with van der Waals surface area (Å²) in [6.45, 7) is 8.66. The standard InChI is InChI=1S/C18H25N3/c1-5-15-20-16(17(19)21(15)18(2,3)4)14-8-6-7-13(11-14)12-9-10-12/h6-8,11-12H,5,9-10,19H2,1-4H3. The highest BCUT2D eigenvalue weighted by Gasteiger charge is 2.26. The van der Waals surface area contributed by atoms with Gasteiger partial charge in [-0.15, -0.1) is 0 Å². The molecule has 21 heavy (non-hydrogen) atoms. The Balaban J connectivity index is 2.10. The summed E-state index contributed by atoms with van der Waals surface area (Å²) in [7, 11) is 0. The van der Waals surface area contributed by atoms with Gasteiger partial charge in [-0.05, 0) is 51.2 Å². The van der Waals surface area contributed by atoms with Gasteiger partial charge in [0.05, 0.1) is 0 Å². The zero-order valence-electron chi connectivity index (χ0n) is 13.5. The minimum atomic E-state index is -0.0468. The van der Waals surface area contributed by atoms with E-state index in [9.17, 15) is 0 Å². The van der Waals surface area contributed by atoms with Crippen LogP contribution >= 0.6 is 0 Å². The van der Waals surface area contributed by atoms with E-state index in [4.69, 9.17) is 10.7 Å². The molecular weight excluding hydrogens is 258 g/mol. The number of hydrogen-bond acceptors (Lipinski definition) is 2. The molecule has 0 amide bonds. The van der Waals surface area contributed by atoms with E-state index in [2.05, 4.69) is 56.5 Å². The lowest BCUT2D eigenvalue weighted by Gasteiger charge is -2.24. The third-order valence-corrected chi connectivity index (χ3v) is 4.18. The first-order valence-corrected chi connectivity index (χ1v) is 7.89. The second-order valence-electron chi connectivity index (χ2n) is 7.02. The summed E-state index contributed by atoms with van der Waals surface area (Å²) in [6.07, 6.45) is 3.52. The first kappa shape index (κ1) is 14.2. The predicted octanol–water partition coefficient (Wildman–Crippen LogP) is 4.33. The Morgan fingerprint density at radius 2 is 2.00 bits per heavy atom. The molecule has 0 radical (unpaired) electrons. The van der Waals surface area contributed by atoms with Crippen LogP contribution in [0.2, 0.25) is 0 Å². The van der Waals surface area contributed by atoms with Gasteiger partial charge in [0.1, 0.15) is 17.3 Å². The lowest BCUT2D eigenvalue weighted by atomic mass is 10.0. The fourth-order valence-corrected chi connectivity index (χ4v) is 3.04. The molecule has 0 unspecified atom stereocenters. The molecule has 0 aliphatic heterocycles. The van der Waals surface area contributed by atoms with E-state index < -0.39 is 0 Å². The molecule has 0 bridgehead atoms. The number of rotatable bonds is 3. The van der Waals surface area contributed by atoms with Crippen LogP contribution in [0, 0.1) is 0 Å². The van der Waals surface area contributed by atoms with E-state index in [1.807, 2.05) is 0 Å². The molecule has 2 aromatic rings. The van der Waals surface area contributed by atoms with E-state index in [1.54, 1.807) is 0 Å². The number of hydrogen-bond donors (Lipinski definition) is 1. The van der Waals surface area contributed by atoms with Crippen LogP contribution in [0.25, 0.3) is 11.3 Å². The molecule has 0 spiro atoms. The molecule has 1 aromatic heterocycles. The molecule has 2 N–H and O–H groups in total. The highest BCUT2D eigenvalue weighted by atomic mass is 15.2. The van der Waals surface area contributed by atoms with E-state index >= 15 is 0 Å². The quantitative estimate of drug-likeness (QED) is 0.911. The van der Waals surface area contributed by atoms with Crippen molar-refractivity contribution in [3.8, 4) is 11.3 Å². The Bertz CT molecular complexity index is 658. The number of anilines is 1. The maximum Gasteiger partial charge on any atom is 0.132 e. The van der Waals surface area contributed by atoms with Gasteiger partial charge in [-0.1, -0.05) is 25.1 Å². The van der Waals surface area contributed by atoms with Crippen molar-refractivity contribution in [3.63, 3.8) is 0 Å². The second kappa shape index (κ2) is 4.90. The predicted molar refractivity (Wildman–Crippen MR) is 88.4 cm³/mol. The van der Waals surface area contributed by atoms with Crippen LogP contribution in [0.5, 0.6) is 0 Å². The highest BCUT2D eigenvalue weighted by molar-refractivity contribution is 5.72. The minimum absolute atomic E-state index is 0.0468. The molecule has 3 nitrogen and oxygen atoms in total. The lowest BCUT2D eigenvalue weighted by Crippen LogP contribution is -2.25. The van der Waals surface area contributed by atoms with Crippen LogP contribution < -0.4 is 5.73 Å². The van der Waals surface area contributed by atoms with Crippen LogP contribution in [-0.2, 0) is 12.0 Å². The van der Waals surface area contributed by atoms with Gasteiger partial charge in [0, 0.05) is 17.5 Å². The van der Waals surface area contributed by atoms with Crippen molar-refractivity contribution in [2.75, 3.05) is 5.73 Å². The summed E-state index contributed by atoms with van der Waals surface area (Å²) in [5.41, 5.74) is 9.90. The third kappa shape index (κ3) is 2.57. The van der Waals surface area contributed by atoms with E-state index in [1.165, 1.54) is 18.4 Å². The van der Waals surface area contributed by atoms with Crippen LogP contribution in [0.4, 0.5) is 5.82 Å². The van der Waals surface area contributed by atoms with Gasteiger partial charge in [0.25, 0.3) is 0 Å². The first-order chi connectivity index (χ1) is 9.91. The number of nitrogens with two attached hydrogens (primary N) is 1. The molecule has 0 atom stereocenters. The van der Waals surface area contributed by atoms with Crippen molar-refractivity contribution in [1.82, 2.24) is 9.55 Å². The molecule has 1 aliphatic rings. The largest absolute Gasteiger partial charge is 0.383 e. The van der Waals surface area contributed by atoms with Gasteiger partial charge in [-0.2, -0.15) is 0 Å². The number of nitrogens with zero attached hydrogens (tertiary/aromatic N) is 2. The number of aryl methyl sites for hydroxylation is 1. The number of imidazole rings is 1. The Kier molecular flexibility index (Phi) is 3.31.